The van der Waals surface area contributed by atoms with Gasteiger partial charge in [-0.3, -0.25) is 24.0 Å². The van der Waals surface area contributed by atoms with E-state index in [0.29, 0.717) is 121 Å². The number of ether oxygens (including phenoxy) is 3. The summed E-state index contributed by atoms with van der Waals surface area (Å²) in [6, 6.07) is 11.4. The fourth-order valence-electron chi connectivity index (χ4n) is 9.80. The predicted octanol–water partition coefficient (Wildman–Crippen LogP) is 2.44. The summed E-state index contributed by atoms with van der Waals surface area (Å²) in [5.74, 6) is -2.19. The molecule has 0 bridgehead atoms. The lowest BCUT2D eigenvalue weighted by Gasteiger charge is -2.43. The number of anilines is 1. The molecule has 5 aliphatic heterocycles. The van der Waals surface area contributed by atoms with Gasteiger partial charge >= 0.3 is 29.8 Å². The van der Waals surface area contributed by atoms with Gasteiger partial charge in [-0.25, -0.2) is 19.2 Å². The smallest absolute Gasteiger partial charge is 0.419 e. The molecular formula is C45H60N8O10. The first-order valence-corrected chi connectivity index (χ1v) is 22.5. The number of hydrogen-bond acceptors (Lipinski definition) is 12. The van der Waals surface area contributed by atoms with Crippen molar-refractivity contribution < 1.29 is 42.6 Å². The summed E-state index contributed by atoms with van der Waals surface area (Å²) in [6.07, 6.45) is 2.35. The molecule has 340 valence electrons. The fourth-order valence-corrected chi connectivity index (χ4v) is 9.80. The van der Waals surface area contributed by atoms with Crippen molar-refractivity contribution in [2.75, 3.05) is 104 Å². The first-order chi connectivity index (χ1) is 30.5. The van der Waals surface area contributed by atoms with Crippen molar-refractivity contribution in [3.05, 3.63) is 63.6 Å². The third kappa shape index (κ3) is 10.3. The van der Waals surface area contributed by atoms with Crippen LogP contribution in [0.25, 0.3) is 11.1 Å². The molecule has 1 aromatic heterocycles. The van der Waals surface area contributed by atoms with E-state index in [1.54, 1.807) is 27.8 Å². The molecule has 0 radical (unpaired) electrons. The van der Waals surface area contributed by atoms with Crippen LogP contribution in [0.5, 0.6) is 0 Å². The van der Waals surface area contributed by atoms with Crippen LogP contribution in [-0.2, 0) is 48.5 Å². The van der Waals surface area contributed by atoms with E-state index in [0.717, 1.165) is 42.9 Å². The zero-order valence-electron chi connectivity index (χ0n) is 36.5. The zero-order valence-corrected chi connectivity index (χ0v) is 36.5. The number of oxazole rings is 1. The van der Waals surface area contributed by atoms with E-state index in [2.05, 4.69) is 15.1 Å². The number of likely N-dealkylation sites (tertiary alicyclic amines) is 2. The topological polar surface area (TPSA) is 180 Å². The molecule has 0 spiro atoms. The summed E-state index contributed by atoms with van der Waals surface area (Å²) in [4.78, 5) is 90.7. The van der Waals surface area contributed by atoms with Crippen LogP contribution in [0.2, 0.25) is 0 Å². The predicted molar refractivity (Wildman–Crippen MR) is 231 cm³/mol. The largest absolute Gasteiger partial charge is 0.458 e. The number of carbonyl (C=O) groups is 5. The minimum Gasteiger partial charge on any atom is -0.458 e. The van der Waals surface area contributed by atoms with Gasteiger partial charge in [0.2, 0.25) is 0 Å². The summed E-state index contributed by atoms with van der Waals surface area (Å²) < 4.78 is 23.7. The highest BCUT2D eigenvalue weighted by atomic mass is 16.6. The van der Waals surface area contributed by atoms with Crippen molar-refractivity contribution in [3.8, 4) is 0 Å². The summed E-state index contributed by atoms with van der Waals surface area (Å²) in [5, 5.41) is 3.04. The lowest BCUT2D eigenvalue weighted by atomic mass is 10.0. The minimum absolute atomic E-state index is 0.0440. The third-order valence-electron chi connectivity index (χ3n) is 13.4. The van der Waals surface area contributed by atoms with Crippen molar-refractivity contribution in [3.63, 3.8) is 0 Å². The molecule has 2 aromatic carbocycles. The number of morpholine rings is 1. The standard InChI is InChI=1S/C45H60N8O10/c1-31-28-32(29-37-39(31)47(2)44(58)62-37)30-38(63-45(59)52-16-11-35(12-17-52)53-18-8-33-6-3-4-7-36(33)46-43(53)57)40(54)51-21-19-49(20-22-51)34-9-14-50(15-10-34)41(55)42(56)61-25-5-13-48-23-26-60-27-24-48/h3-4,6-7,28-29,34-35,38H,5,8-27,30H2,1-2H3,(H,46,57)/t38-/m1/s1. The highest BCUT2D eigenvalue weighted by Crippen LogP contribution is 2.27. The van der Waals surface area contributed by atoms with Crippen molar-refractivity contribution in [1.82, 2.24) is 34.0 Å². The monoisotopic (exact) mass is 872 g/mol. The Hall–Kier alpha value is -5.46. The lowest BCUT2D eigenvalue weighted by molar-refractivity contribution is -0.161. The Labute approximate surface area is 366 Å². The average Bonchev–Trinajstić information content (AvgIpc) is 3.48. The highest BCUT2D eigenvalue weighted by molar-refractivity contribution is 6.32. The number of nitrogens with one attached hydrogen (secondary N) is 1. The van der Waals surface area contributed by atoms with Crippen LogP contribution in [0.4, 0.5) is 15.3 Å². The van der Waals surface area contributed by atoms with Gasteiger partial charge in [-0.1, -0.05) is 24.3 Å². The van der Waals surface area contributed by atoms with Crippen LogP contribution in [0.3, 0.4) is 0 Å². The van der Waals surface area contributed by atoms with Gasteiger partial charge in [0.1, 0.15) is 0 Å². The first-order valence-electron chi connectivity index (χ1n) is 22.5. The number of benzene rings is 2. The number of hydrogen-bond donors (Lipinski definition) is 1. The number of piperidine rings is 2. The molecule has 6 heterocycles. The Morgan fingerprint density at radius 1 is 0.825 bits per heavy atom. The molecular weight excluding hydrogens is 813 g/mol. The van der Waals surface area contributed by atoms with E-state index in [-0.39, 0.29) is 37.0 Å². The van der Waals surface area contributed by atoms with E-state index in [1.807, 2.05) is 42.2 Å². The number of carbonyl (C=O) groups excluding carboxylic acids is 5. The molecule has 5 aliphatic rings. The molecule has 18 heteroatoms. The van der Waals surface area contributed by atoms with Crippen LogP contribution in [0.15, 0.2) is 45.6 Å². The number of urea groups is 1. The molecule has 63 heavy (non-hydrogen) atoms. The summed E-state index contributed by atoms with van der Waals surface area (Å²) in [6.45, 7) is 10.3. The lowest BCUT2D eigenvalue weighted by Crippen LogP contribution is -2.57. The van der Waals surface area contributed by atoms with Gasteiger partial charge in [0.15, 0.2) is 11.7 Å². The van der Waals surface area contributed by atoms with Crippen LogP contribution in [0.1, 0.15) is 48.8 Å². The Kier molecular flexibility index (Phi) is 14.0. The summed E-state index contributed by atoms with van der Waals surface area (Å²) in [5.41, 5.74) is 4.48. The number of aryl methyl sites for hydroxylation is 2. The maximum Gasteiger partial charge on any atom is 0.419 e. The Morgan fingerprint density at radius 2 is 1.52 bits per heavy atom. The normalized spacial score (nSPS) is 20.3. The van der Waals surface area contributed by atoms with Gasteiger partial charge in [-0.2, -0.15) is 0 Å². The molecule has 18 nitrogen and oxygen atoms in total. The van der Waals surface area contributed by atoms with Crippen LogP contribution in [-0.4, -0.2) is 180 Å². The van der Waals surface area contributed by atoms with E-state index < -0.39 is 29.8 Å². The van der Waals surface area contributed by atoms with Crippen molar-refractivity contribution >= 4 is 46.7 Å². The van der Waals surface area contributed by atoms with E-state index in [4.69, 9.17) is 18.6 Å². The average molecular weight is 873 g/mol. The molecule has 0 saturated carbocycles. The van der Waals surface area contributed by atoms with Crippen LogP contribution < -0.4 is 11.1 Å². The van der Waals surface area contributed by atoms with Crippen LogP contribution in [0, 0.1) is 6.92 Å². The SMILES string of the molecule is Cc1cc(C[C@@H](OC(=O)N2CCC(N3CCc4ccccc4NC3=O)CC2)C(=O)N2CCN(C3CCN(C(=O)C(=O)OCCCN4CCOCC4)CC3)CC2)cc2oc(=O)n(C)c12. The van der Waals surface area contributed by atoms with Crippen molar-refractivity contribution in [2.45, 2.75) is 70.1 Å². The second kappa shape index (κ2) is 19.9. The number of piperazine rings is 1. The second-order valence-corrected chi connectivity index (χ2v) is 17.3. The molecule has 0 unspecified atom stereocenters. The molecule has 5 amide bonds. The molecule has 1 N–H and O–H groups in total. The van der Waals surface area contributed by atoms with Crippen LogP contribution >= 0.6 is 0 Å². The Morgan fingerprint density at radius 3 is 2.27 bits per heavy atom. The van der Waals surface area contributed by atoms with E-state index in [1.165, 1.54) is 4.57 Å². The molecule has 1 atom stereocenters. The van der Waals surface area contributed by atoms with Crippen molar-refractivity contribution in [2.24, 2.45) is 7.05 Å². The van der Waals surface area contributed by atoms with Gasteiger partial charge < -0.3 is 43.5 Å². The molecule has 0 aliphatic carbocycles. The molecule has 8 rings (SSSR count). The number of amides is 5. The Bertz CT molecular complexity index is 2200. The molecule has 4 saturated heterocycles. The number of para-hydroxylation sites is 1. The second-order valence-electron chi connectivity index (χ2n) is 17.3. The van der Waals surface area contributed by atoms with Gasteiger partial charge in [-0.15, -0.1) is 0 Å². The number of nitrogens with zero attached hydrogens (tertiary/aromatic N) is 7. The molecule has 4 fully saturated rings. The molecule has 3 aromatic rings. The Balaban J connectivity index is 0.846. The number of rotatable bonds is 10. The number of esters is 1. The first kappa shape index (κ1) is 44.2. The van der Waals surface area contributed by atoms with Crippen molar-refractivity contribution in [1.29, 1.82) is 0 Å². The van der Waals surface area contributed by atoms with Gasteiger partial charge in [0.05, 0.1) is 25.3 Å². The fraction of sp³-hybridized carbons (Fsp3) is 0.600. The van der Waals surface area contributed by atoms with Gasteiger partial charge in [0.25, 0.3) is 5.91 Å². The third-order valence-corrected chi connectivity index (χ3v) is 13.4. The van der Waals surface area contributed by atoms with E-state index >= 15 is 0 Å². The highest BCUT2D eigenvalue weighted by Gasteiger charge is 2.37. The number of aromatic nitrogens is 1. The summed E-state index contributed by atoms with van der Waals surface area (Å²) in [7, 11) is 1.64. The maximum absolute atomic E-state index is 14.4. The maximum atomic E-state index is 14.4. The number of fused-ring (bicyclic) bond motifs is 2. The van der Waals surface area contributed by atoms with Gasteiger partial charge in [0, 0.05) is 110 Å². The quantitative estimate of drug-likeness (QED) is 0.179. The van der Waals surface area contributed by atoms with Gasteiger partial charge in [-0.05, 0) is 74.3 Å². The summed E-state index contributed by atoms with van der Waals surface area (Å²) >= 11 is 0. The van der Waals surface area contributed by atoms with E-state index in [9.17, 15) is 28.8 Å². The zero-order chi connectivity index (χ0) is 44.0. The minimum atomic E-state index is -1.13.